The number of nitrogens with one attached hydrogen (secondary N) is 1. The van der Waals surface area contributed by atoms with E-state index in [-0.39, 0.29) is 5.41 Å². The number of ether oxygens (including phenoxy) is 3. The van der Waals surface area contributed by atoms with Gasteiger partial charge in [0.1, 0.15) is 0 Å². The number of hydrogen-bond acceptors (Lipinski definition) is 4. The van der Waals surface area contributed by atoms with E-state index in [9.17, 15) is 0 Å². The molecule has 0 amide bonds. The molecule has 0 bridgehead atoms. The molecule has 0 aliphatic carbocycles. The summed E-state index contributed by atoms with van der Waals surface area (Å²) in [6.45, 7) is 4.22. The van der Waals surface area contributed by atoms with Crippen molar-refractivity contribution in [3.63, 3.8) is 0 Å². The van der Waals surface area contributed by atoms with Gasteiger partial charge in [0.05, 0.1) is 13.2 Å². The molecule has 0 spiro atoms. The lowest BCUT2D eigenvalue weighted by molar-refractivity contribution is -0.0869. The smallest absolute Gasteiger partial charge is 0.231 e. The normalized spacial score (nSPS) is 28.1. The minimum Gasteiger partial charge on any atom is -0.454 e. The van der Waals surface area contributed by atoms with Crippen LogP contribution in [0, 0.1) is 5.92 Å². The Morgan fingerprint density at radius 1 is 1.17 bits per heavy atom. The maximum absolute atomic E-state index is 5.52. The van der Waals surface area contributed by atoms with Crippen molar-refractivity contribution in [3.8, 4) is 11.5 Å². The first kappa shape index (κ1) is 10.6. The van der Waals surface area contributed by atoms with Crippen molar-refractivity contribution >= 4 is 0 Å². The monoisotopic (exact) mass is 247 g/mol. The van der Waals surface area contributed by atoms with Crippen LogP contribution in [-0.2, 0) is 10.2 Å². The van der Waals surface area contributed by atoms with Gasteiger partial charge in [-0.3, -0.25) is 0 Å². The molecule has 3 aliphatic heterocycles. The maximum Gasteiger partial charge on any atom is 0.231 e. The summed E-state index contributed by atoms with van der Waals surface area (Å²) >= 11 is 0. The van der Waals surface area contributed by atoms with Gasteiger partial charge in [-0.1, -0.05) is 6.07 Å². The molecular weight excluding hydrogens is 230 g/mol. The molecule has 3 aliphatic rings. The van der Waals surface area contributed by atoms with Crippen molar-refractivity contribution in [1.29, 1.82) is 0 Å². The Kier molecular flexibility index (Phi) is 2.29. The molecule has 1 aromatic carbocycles. The number of fused-ring (bicyclic) bond motifs is 1. The highest BCUT2D eigenvalue weighted by Gasteiger charge is 2.48. The second-order valence-electron chi connectivity index (χ2n) is 5.41. The molecule has 4 heteroatoms. The maximum atomic E-state index is 5.52. The second kappa shape index (κ2) is 3.87. The third kappa shape index (κ3) is 1.39. The van der Waals surface area contributed by atoms with Gasteiger partial charge in [-0.15, -0.1) is 0 Å². The largest absolute Gasteiger partial charge is 0.454 e. The molecule has 0 radical (unpaired) electrons. The van der Waals surface area contributed by atoms with E-state index >= 15 is 0 Å². The minimum atomic E-state index is 0.185. The fraction of sp³-hybridized carbons (Fsp3) is 0.571. The average molecular weight is 247 g/mol. The summed E-state index contributed by atoms with van der Waals surface area (Å²) < 4.78 is 16.4. The number of benzene rings is 1. The van der Waals surface area contributed by atoms with E-state index in [4.69, 9.17) is 14.2 Å². The summed E-state index contributed by atoms with van der Waals surface area (Å²) in [6, 6.07) is 6.34. The summed E-state index contributed by atoms with van der Waals surface area (Å²) in [7, 11) is 0. The third-order valence-electron chi connectivity index (χ3n) is 4.51. The predicted molar refractivity (Wildman–Crippen MR) is 66.0 cm³/mol. The predicted octanol–water partition coefficient (Wildman–Crippen LogP) is 1.29. The van der Waals surface area contributed by atoms with Gasteiger partial charge in [0.15, 0.2) is 11.5 Å². The summed E-state index contributed by atoms with van der Waals surface area (Å²) in [5.41, 5.74) is 1.52. The first-order valence-corrected chi connectivity index (χ1v) is 6.57. The molecule has 0 saturated carbocycles. The molecule has 2 saturated heterocycles. The Balaban J connectivity index is 1.71. The standard InChI is InChI=1S/C14H17NO3/c1-2-12-13(18-9-17-12)5-10(1)14(7-16-8-14)11-3-4-15-6-11/h1-2,5,11,15H,3-4,6-9H2. The first-order valence-electron chi connectivity index (χ1n) is 6.57. The topological polar surface area (TPSA) is 39.7 Å². The van der Waals surface area contributed by atoms with Crippen LogP contribution in [0.5, 0.6) is 11.5 Å². The number of rotatable bonds is 2. The Hall–Kier alpha value is -1.26. The zero-order valence-electron chi connectivity index (χ0n) is 10.3. The van der Waals surface area contributed by atoms with Crippen LogP contribution < -0.4 is 14.8 Å². The van der Waals surface area contributed by atoms with Gasteiger partial charge < -0.3 is 19.5 Å². The van der Waals surface area contributed by atoms with Crippen molar-refractivity contribution in [1.82, 2.24) is 5.32 Å². The molecule has 96 valence electrons. The molecule has 1 N–H and O–H groups in total. The Labute approximate surface area is 106 Å². The highest BCUT2D eigenvalue weighted by atomic mass is 16.7. The van der Waals surface area contributed by atoms with Crippen molar-refractivity contribution in [2.75, 3.05) is 33.1 Å². The fourth-order valence-corrected chi connectivity index (χ4v) is 3.29. The summed E-state index contributed by atoms with van der Waals surface area (Å²) in [5.74, 6) is 2.41. The molecule has 0 aromatic heterocycles. The lowest BCUT2D eigenvalue weighted by atomic mass is 9.68. The van der Waals surface area contributed by atoms with E-state index in [1.165, 1.54) is 12.0 Å². The van der Waals surface area contributed by atoms with Crippen molar-refractivity contribution in [2.45, 2.75) is 11.8 Å². The highest BCUT2D eigenvalue weighted by molar-refractivity contribution is 5.47. The third-order valence-corrected chi connectivity index (χ3v) is 4.51. The van der Waals surface area contributed by atoms with Crippen LogP contribution in [0.1, 0.15) is 12.0 Å². The lowest BCUT2D eigenvalue weighted by Gasteiger charge is -2.46. The van der Waals surface area contributed by atoms with Gasteiger partial charge >= 0.3 is 0 Å². The average Bonchev–Trinajstić information content (AvgIpc) is 2.96. The Morgan fingerprint density at radius 3 is 2.78 bits per heavy atom. The van der Waals surface area contributed by atoms with Gasteiger partial charge in [0.25, 0.3) is 0 Å². The molecule has 3 heterocycles. The zero-order chi connectivity index (χ0) is 12.0. The molecular formula is C14H17NO3. The molecule has 1 aromatic rings. The van der Waals surface area contributed by atoms with Gasteiger partial charge in [-0.2, -0.15) is 0 Å². The Bertz CT molecular complexity index is 464. The van der Waals surface area contributed by atoms with Crippen LogP contribution in [0.4, 0.5) is 0 Å². The van der Waals surface area contributed by atoms with E-state index in [1.54, 1.807) is 0 Å². The van der Waals surface area contributed by atoms with E-state index in [1.807, 2.05) is 6.07 Å². The van der Waals surface area contributed by atoms with Gasteiger partial charge in [-0.25, -0.2) is 0 Å². The minimum absolute atomic E-state index is 0.185. The first-order chi connectivity index (χ1) is 8.88. The molecule has 4 nitrogen and oxygen atoms in total. The second-order valence-corrected chi connectivity index (χ2v) is 5.41. The van der Waals surface area contributed by atoms with Crippen LogP contribution in [0.2, 0.25) is 0 Å². The molecule has 1 unspecified atom stereocenters. The van der Waals surface area contributed by atoms with E-state index < -0.39 is 0 Å². The van der Waals surface area contributed by atoms with Crippen LogP contribution >= 0.6 is 0 Å². The van der Waals surface area contributed by atoms with Crippen LogP contribution in [0.25, 0.3) is 0 Å². The molecule has 1 atom stereocenters. The van der Waals surface area contributed by atoms with Crippen molar-refractivity contribution < 1.29 is 14.2 Å². The van der Waals surface area contributed by atoms with E-state index in [0.717, 1.165) is 37.8 Å². The van der Waals surface area contributed by atoms with E-state index in [2.05, 4.69) is 17.4 Å². The number of hydrogen-bond donors (Lipinski definition) is 1. The molecule has 18 heavy (non-hydrogen) atoms. The summed E-state index contributed by atoms with van der Waals surface area (Å²) in [4.78, 5) is 0. The van der Waals surface area contributed by atoms with Crippen LogP contribution in [0.3, 0.4) is 0 Å². The quantitative estimate of drug-likeness (QED) is 0.855. The van der Waals surface area contributed by atoms with Crippen molar-refractivity contribution in [3.05, 3.63) is 23.8 Å². The summed E-state index contributed by atoms with van der Waals surface area (Å²) in [6.07, 6.45) is 1.23. The van der Waals surface area contributed by atoms with Crippen LogP contribution in [-0.4, -0.2) is 33.1 Å². The van der Waals surface area contributed by atoms with E-state index in [0.29, 0.717) is 12.7 Å². The zero-order valence-corrected chi connectivity index (χ0v) is 10.3. The van der Waals surface area contributed by atoms with Gasteiger partial charge in [0, 0.05) is 5.41 Å². The lowest BCUT2D eigenvalue weighted by Crippen LogP contribution is -2.53. The fourth-order valence-electron chi connectivity index (χ4n) is 3.29. The molecule has 4 rings (SSSR count). The van der Waals surface area contributed by atoms with Crippen molar-refractivity contribution in [2.24, 2.45) is 5.92 Å². The summed E-state index contributed by atoms with van der Waals surface area (Å²) in [5, 5.41) is 3.46. The molecule has 2 fully saturated rings. The SMILES string of the molecule is c1cc2c(cc1C1(C3CCNC3)COC1)OCO2. The van der Waals surface area contributed by atoms with Crippen LogP contribution in [0.15, 0.2) is 18.2 Å². The highest BCUT2D eigenvalue weighted by Crippen LogP contribution is 2.45. The van der Waals surface area contributed by atoms with Gasteiger partial charge in [0.2, 0.25) is 6.79 Å². The van der Waals surface area contributed by atoms with Gasteiger partial charge in [-0.05, 0) is 43.1 Å². The Morgan fingerprint density at radius 2 is 2.06 bits per heavy atom.